The van der Waals surface area contributed by atoms with Crippen LogP contribution in [0.15, 0.2) is 42.5 Å². The van der Waals surface area contributed by atoms with Gasteiger partial charge in [-0.3, -0.25) is 0 Å². The van der Waals surface area contributed by atoms with Gasteiger partial charge in [0.05, 0.1) is 0 Å². The van der Waals surface area contributed by atoms with Gasteiger partial charge >= 0.3 is 0 Å². The molecular weight excluding hydrogens is 276 g/mol. The van der Waals surface area contributed by atoms with E-state index in [0.717, 1.165) is 6.42 Å². The molecule has 0 spiro atoms. The highest BCUT2D eigenvalue weighted by Crippen LogP contribution is 2.47. The molecule has 0 amide bonds. The van der Waals surface area contributed by atoms with Crippen molar-refractivity contribution in [3.8, 4) is 11.1 Å². The fourth-order valence-electron chi connectivity index (χ4n) is 4.09. The van der Waals surface area contributed by atoms with Crippen molar-refractivity contribution in [3.63, 3.8) is 0 Å². The molecule has 0 heteroatoms. The molecule has 0 nitrogen and oxygen atoms in total. The molecule has 0 N–H and O–H groups in total. The molecule has 2 aromatic carbocycles. The normalized spacial score (nSPS) is 15.6. The van der Waals surface area contributed by atoms with Crippen LogP contribution in [-0.4, -0.2) is 0 Å². The van der Waals surface area contributed by atoms with Crippen LogP contribution in [0.2, 0.25) is 0 Å². The Morgan fingerprint density at radius 3 is 2.35 bits per heavy atom. The van der Waals surface area contributed by atoms with Crippen molar-refractivity contribution in [1.82, 2.24) is 0 Å². The van der Waals surface area contributed by atoms with Gasteiger partial charge < -0.3 is 0 Å². The number of benzene rings is 2. The highest BCUT2D eigenvalue weighted by Gasteiger charge is 2.26. The minimum atomic E-state index is 0.650. The average molecular weight is 304 g/mol. The first kappa shape index (κ1) is 16.1. The maximum Gasteiger partial charge on any atom is -0.00674 e. The zero-order valence-corrected chi connectivity index (χ0v) is 14.9. The molecule has 23 heavy (non-hydrogen) atoms. The van der Waals surface area contributed by atoms with Crippen LogP contribution in [0.5, 0.6) is 0 Å². The molecule has 3 rings (SSSR count). The summed E-state index contributed by atoms with van der Waals surface area (Å²) in [7, 11) is 0. The molecule has 1 unspecified atom stereocenters. The molecule has 120 valence electrons. The first-order valence-electron chi connectivity index (χ1n) is 9.15. The molecule has 0 radical (unpaired) electrons. The molecule has 1 atom stereocenters. The van der Waals surface area contributed by atoms with E-state index < -0.39 is 0 Å². The largest absolute Gasteiger partial charge is 0.0791 e. The summed E-state index contributed by atoms with van der Waals surface area (Å²) < 4.78 is 0. The van der Waals surface area contributed by atoms with Crippen LogP contribution in [0.25, 0.3) is 16.7 Å². The smallest absolute Gasteiger partial charge is 0.00674 e. The Kier molecular flexibility index (Phi) is 4.71. The molecule has 2 aromatic rings. The van der Waals surface area contributed by atoms with E-state index in [2.05, 4.69) is 70.2 Å². The second-order valence-corrected chi connectivity index (χ2v) is 6.70. The summed E-state index contributed by atoms with van der Waals surface area (Å²) in [4.78, 5) is 0. The van der Waals surface area contributed by atoms with Gasteiger partial charge in [0.1, 0.15) is 0 Å². The predicted molar refractivity (Wildman–Crippen MR) is 102 cm³/mol. The van der Waals surface area contributed by atoms with Crippen molar-refractivity contribution in [3.05, 3.63) is 64.7 Å². The van der Waals surface area contributed by atoms with Crippen LogP contribution in [0.3, 0.4) is 0 Å². The maximum absolute atomic E-state index is 2.40. The lowest BCUT2D eigenvalue weighted by molar-refractivity contribution is 0.620. The van der Waals surface area contributed by atoms with Crippen molar-refractivity contribution in [1.29, 1.82) is 0 Å². The second kappa shape index (κ2) is 6.74. The van der Waals surface area contributed by atoms with Gasteiger partial charge in [-0.2, -0.15) is 0 Å². The number of hydrogen-bond acceptors (Lipinski definition) is 0. The van der Waals surface area contributed by atoms with Crippen molar-refractivity contribution < 1.29 is 0 Å². The van der Waals surface area contributed by atoms with E-state index in [9.17, 15) is 0 Å². The van der Waals surface area contributed by atoms with Gasteiger partial charge in [-0.15, -0.1) is 0 Å². The first-order chi connectivity index (χ1) is 11.2. The van der Waals surface area contributed by atoms with E-state index in [4.69, 9.17) is 0 Å². The number of rotatable bonds is 5. The molecule has 0 saturated carbocycles. The standard InChI is InChI=1S/C23H28/c1-5-8-11-16(4)19-14-15-22-21-13-10-9-12-20(21)18(7-3)23(22)17(19)6-2/h7,9-10,12-16H,5-6,8,11H2,1-4H3. The van der Waals surface area contributed by atoms with Crippen molar-refractivity contribution in [2.24, 2.45) is 0 Å². The van der Waals surface area contributed by atoms with Gasteiger partial charge in [-0.1, -0.05) is 76.1 Å². The highest BCUT2D eigenvalue weighted by molar-refractivity contribution is 6.02. The van der Waals surface area contributed by atoms with Crippen LogP contribution in [0.4, 0.5) is 0 Å². The molecule has 0 aromatic heterocycles. The average Bonchev–Trinajstić information content (AvgIpc) is 2.92. The van der Waals surface area contributed by atoms with E-state index in [1.165, 1.54) is 47.1 Å². The molecule has 0 fully saturated rings. The summed E-state index contributed by atoms with van der Waals surface area (Å²) in [6.45, 7) is 9.16. The Balaban J connectivity index is 2.16. The van der Waals surface area contributed by atoms with Gasteiger partial charge in [0.15, 0.2) is 0 Å². The third-order valence-electron chi connectivity index (χ3n) is 5.29. The van der Waals surface area contributed by atoms with Gasteiger partial charge in [0, 0.05) is 0 Å². The Bertz CT molecular complexity index is 734. The summed E-state index contributed by atoms with van der Waals surface area (Å²) in [5.74, 6) is 0.650. The SMILES string of the molecule is CC=C1c2ccccc2-c2ccc(C(C)CCCC)c(CC)c21. The van der Waals surface area contributed by atoms with Gasteiger partial charge in [-0.05, 0) is 64.6 Å². The molecule has 1 aliphatic rings. The van der Waals surface area contributed by atoms with Crippen LogP contribution >= 0.6 is 0 Å². The van der Waals surface area contributed by atoms with E-state index >= 15 is 0 Å². The predicted octanol–water partition coefficient (Wildman–Crippen LogP) is 6.97. The third kappa shape index (κ3) is 2.65. The lowest BCUT2D eigenvalue weighted by atomic mass is 9.85. The lowest BCUT2D eigenvalue weighted by Gasteiger charge is -2.20. The zero-order valence-electron chi connectivity index (χ0n) is 14.9. The zero-order chi connectivity index (χ0) is 16.4. The summed E-state index contributed by atoms with van der Waals surface area (Å²) in [5, 5.41) is 0. The number of hydrogen-bond donors (Lipinski definition) is 0. The molecular formula is C23H28. The van der Waals surface area contributed by atoms with Crippen LogP contribution < -0.4 is 0 Å². The maximum atomic E-state index is 2.40. The van der Waals surface area contributed by atoms with E-state index in [0.29, 0.717) is 5.92 Å². The number of fused-ring (bicyclic) bond motifs is 3. The fourth-order valence-corrected chi connectivity index (χ4v) is 4.09. The van der Waals surface area contributed by atoms with Gasteiger partial charge in [0.25, 0.3) is 0 Å². The second-order valence-electron chi connectivity index (χ2n) is 6.70. The number of allylic oxidation sites excluding steroid dienone is 1. The summed E-state index contributed by atoms with van der Waals surface area (Å²) in [6, 6.07) is 13.6. The van der Waals surface area contributed by atoms with Crippen LogP contribution in [0, 0.1) is 0 Å². The molecule has 0 aliphatic heterocycles. The fraction of sp³-hybridized carbons (Fsp3) is 0.391. The lowest BCUT2D eigenvalue weighted by Crippen LogP contribution is -2.02. The quantitative estimate of drug-likeness (QED) is 0.477. The van der Waals surface area contributed by atoms with Gasteiger partial charge in [-0.25, -0.2) is 0 Å². The van der Waals surface area contributed by atoms with Crippen molar-refractivity contribution >= 4 is 5.57 Å². The third-order valence-corrected chi connectivity index (χ3v) is 5.29. The Hall–Kier alpha value is -1.82. The van der Waals surface area contributed by atoms with Crippen LogP contribution in [0.1, 0.15) is 75.1 Å². The minimum absolute atomic E-state index is 0.650. The monoisotopic (exact) mass is 304 g/mol. The van der Waals surface area contributed by atoms with Gasteiger partial charge in [0.2, 0.25) is 0 Å². The Morgan fingerprint density at radius 2 is 1.70 bits per heavy atom. The van der Waals surface area contributed by atoms with Crippen LogP contribution in [-0.2, 0) is 6.42 Å². The Labute approximate surface area is 141 Å². The molecule has 0 heterocycles. The van der Waals surface area contributed by atoms with E-state index in [-0.39, 0.29) is 0 Å². The van der Waals surface area contributed by atoms with Crippen molar-refractivity contribution in [2.75, 3.05) is 0 Å². The summed E-state index contributed by atoms with van der Waals surface area (Å²) in [5.41, 5.74) is 10.3. The molecule has 1 aliphatic carbocycles. The van der Waals surface area contributed by atoms with Crippen molar-refractivity contribution in [2.45, 2.75) is 59.3 Å². The van der Waals surface area contributed by atoms with E-state index in [1.807, 2.05) is 0 Å². The number of unbranched alkanes of at least 4 members (excludes halogenated alkanes) is 1. The summed E-state index contributed by atoms with van der Waals surface area (Å²) in [6.07, 6.45) is 7.30. The molecule has 0 saturated heterocycles. The van der Waals surface area contributed by atoms with E-state index in [1.54, 1.807) is 11.1 Å². The first-order valence-corrected chi connectivity index (χ1v) is 9.15. The topological polar surface area (TPSA) is 0 Å². The minimum Gasteiger partial charge on any atom is -0.0791 e. The molecule has 0 bridgehead atoms. The Morgan fingerprint density at radius 1 is 0.957 bits per heavy atom. The highest BCUT2D eigenvalue weighted by atomic mass is 14.3. The summed E-state index contributed by atoms with van der Waals surface area (Å²) >= 11 is 0.